The predicted octanol–water partition coefficient (Wildman–Crippen LogP) is 1.80. The van der Waals surface area contributed by atoms with Crippen molar-refractivity contribution < 1.29 is 14.7 Å². The van der Waals surface area contributed by atoms with Gasteiger partial charge in [0, 0.05) is 12.2 Å². The van der Waals surface area contributed by atoms with Crippen molar-refractivity contribution >= 4 is 29.0 Å². The third-order valence-electron chi connectivity index (χ3n) is 3.34. The Hall–Kier alpha value is -1.79. The maximum atomic E-state index is 12.1. The van der Waals surface area contributed by atoms with Crippen LogP contribution in [-0.2, 0) is 9.53 Å². The van der Waals surface area contributed by atoms with Crippen LogP contribution in [0.5, 0.6) is 0 Å². The van der Waals surface area contributed by atoms with Gasteiger partial charge in [-0.25, -0.2) is 0 Å². The molecule has 0 aliphatic carbocycles. The molecule has 7 heteroatoms. The lowest BCUT2D eigenvalue weighted by Gasteiger charge is -2.15. The Labute approximate surface area is 121 Å². The normalized spacial score (nSPS) is 22.8. The molecule has 0 bridgehead atoms. The molecule has 2 atom stereocenters. The first-order chi connectivity index (χ1) is 9.52. The van der Waals surface area contributed by atoms with Crippen LogP contribution in [0, 0.1) is 5.92 Å². The molecule has 2 unspecified atom stereocenters. The maximum Gasteiger partial charge on any atom is 0.230 e. The van der Waals surface area contributed by atoms with Gasteiger partial charge in [0.05, 0.1) is 22.7 Å². The van der Waals surface area contributed by atoms with Crippen molar-refractivity contribution in [3.05, 3.63) is 28.8 Å². The van der Waals surface area contributed by atoms with Gasteiger partial charge < -0.3 is 21.0 Å². The van der Waals surface area contributed by atoms with Gasteiger partial charge in [0.2, 0.25) is 5.91 Å². The molecular weight excluding hydrogens is 282 g/mol. The summed E-state index contributed by atoms with van der Waals surface area (Å²) in [7, 11) is 0. The van der Waals surface area contributed by atoms with Crippen LogP contribution in [0.2, 0.25) is 5.02 Å². The minimum absolute atomic E-state index is 0.0393. The molecule has 1 heterocycles. The molecule has 6 nitrogen and oxygen atoms in total. The number of nitrogens with two attached hydrogens (primary N) is 1. The minimum Gasteiger partial charge on any atom is -0.409 e. The highest BCUT2D eigenvalue weighted by molar-refractivity contribution is 6.34. The van der Waals surface area contributed by atoms with Crippen molar-refractivity contribution in [2.24, 2.45) is 16.8 Å². The number of amides is 1. The summed E-state index contributed by atoms with van der Waals surface area (Å²) < 4.78 is 5.37. The van der Waals surface area contributed by atoms with Crippen molar-refractivity contribution in [3.63, 3.8) is 0 Å². The second-order valence-electron chi connectivity index (χ2n) is 4.64. The van der Waals surface area contributed by atoms with E-state index in [0.717, 1.165) is 0 Å². The summed E-state index contributed by atoms with van der Waals surface area (Å²) in [6.45, 7) is 2.47. The summed E-state index contributed by atoms with van der Waals surface area (Å²) in [5, 5.41) is 14.6. The average molecular weight is 298 g/mol. The van der Waals surface area contributed by atoms with Gasteiger partial charge in [-0.2, -0.15) is 0 Å². The first-order valence-electron chi connectivity index (χ1n) is 6.23. The number of nitrogens with one attached hydrogen (secondary N) is 1. The summed E-state index contributed by atoms with van der Waals surface area (Å²) in [5.74, 6) is -0.328. The zero-order chi connectivity index (χ0) is 14.7. The summed E-state index contributed by atoms with van der Waals surface area (Å²) in [4.78, 5) is 12.1. The lowest BCUT2D eigenvalue weighted by Crippen LogP contribution is -2.27. The summed E-state index contributed by atoms with van der Waals surface area (Å²) in [6.07, 6.45) is 0.609. The fourth-order valence-corrected chi connectivity index (χ4v) is 2.36. The molecule has 20 heavy (non-hydrogen) atoms. The standard InChI is InChI=1S/C13H16ClN3O3/c1-7-9(4-5-20-7)13(18)16-11-3-2-8(6-10(11)14)12(15)17-19/h2-3,6-7,9,19H,4-5H2,1H3,(H2,15,17)(H,16,18). The van der Waals surface area contributed by atoms with Gasteiger partial charge in [-0.1, -0.05) is 16.8 Å². The lowest BCUT2D eigenvalue weighted by atomic mass is 10.0. The zero-order valence-corrected chi connectivity index (χ0v) is 11.7. The number of hydrogen-bond donors (Lipinski definition) is 3. The number of nitrogens with zero attached hydrogens (tertiary/aromatic N) is 1. The highest BCUT2D eigenvalue weighted by atomic mass is 35.5. The van der Waals surface area contributed by atoms with Crippen LogP contribution in [0.1, 0.15) is 18.9 Å². The SMILES string of the molecule is CC1OCCC1C(=O)Nc1ccc(/C(N)=N/O)cc1Cl. The molecule has 1 aromatic carbocycles. The highest BCUT2D eigenvalue weighted by Crippen LogP contribution is 2.26. The Bertz CT molecular complexity index is 548. The number of ether oxygens (including phenoxy) is 1. The molecule has 1 amide bonds. The summed E-state index contributed by atoms with van der Waals surface area (Å²) in [5.41, 5.74) is 6.44. The molecule has 0 saturated carbocycles. The number of amidine groups is 1. The molecule has 0 spiro atoms. The van der Waals surface area contributed by atoms with E-state index in [1.807, 2.05) is 6.92 Å². The number of carbonyl (C=O) groups excluding carboxylic acids is 1. The first kappa shape index (κ1) is 14.6. The van der Waals surface area contributed by atoms with Gasteiger partial charge in [0.15, 0.2) is 5.84 Å². The summed E-state index contributed by atoms with van der Waals surface area (Å²) >= 11 is 6.08. The van der Waals surface area contributed by atoms with Gasteiger partial charge >= 0.3 is 0 Å². The molecule has 108 valence electrons. The number of anilines is 1. The maximum absolute atomic E-state index is 12.1. The van der Waals surface area contributed by atoms with E-state index in [0.29, 0.717) is 29.3 Å². The van der Waals surface area contributed by atoms with Crippen LogP contribution in [0.4, 0.5) is 5.69 Å². The zero-order valence-electron chi connectivity index (χ0n) is 11.0. The Morgan fingerprint density at radius 3 is 2.90 bits per heavy atom. The largest absolute Gasteiger partial charge is 0.409 e. The second-order valence-corrected chi connectivity index (χ2v) is 5.05. The molecule has 4 N–H and O–H groups in total. The van der Waals surface area contributed by atoms with Gasteiger partial charge in [-0.15, -0.1) is 0 Å². The number of benzene rings is 1. The van der Waals surface area contributed by atoms with Gasteiger partial charge in [0.1, 0.15) is 0 Å². The van der Waals surface area contributed by atoms with Crippen LogP contribution in [0.15, 0.2) is 23.4 Å². The molecule has 1 aliphatic rings. The predicted molar refractivity (Wildman–Crippen MR) is 76.1 cm³/mol. The molecule has 1 aliphatic heterocycles. The lowest BCUT2D eigenvalue weighted by molar-refractivity contribution is -0.121. The molecule has 1 saturated heterocycles. The van der Waals surface area contributed by atoms with E-state index in [2.05, 4.69) is 10.5 Å². The van der Waals surface area contributed by atoms with E-state index >= 15 is 0 Å². The number of rotatable bonds is 3. The molecule has 0 radical (unpaired) electrons. The molecule has 2 rings (SSSR count). The Kier molecular flexibility index (Phi) is 4.46. The van der Waals surface area contributed by atoms with E-state index in [1.165, 1.54) is 6.07 Å². The van der Waals surface area contributed by atoms with E-state index < -0.39 is 0 Å². The monoisotopic (exact) mass is 297 g/mol. The molecule has 1 aromatic rings. The first-order valence-corrected chi connectivity index (χ1v) is 6.60. The minimum atomic E-state index is -0.171. The van der Waals surface area contributed by atoms with Crippen molar-refractivity contribution in [2.45, 2.75) is 19.4 Å². The van der Waals surface area contributed by atoms with Crippen LogP contribution in [0.3, 0.4) is 0 Å². The van der Waals surface area contributed by atoms with Crippen molar-refractivity contribution in [1.82, 2.24) is 0 Å². The fraction of sp³-hybridized carbons (Fsp3) is 0.385. The van der Waals surface area contributed by atoms with Crippen molar-refractivity contribution in [1.29, 1.82) is 0 Å². The third kappa shape index (κ3) is 3.02. The van der Waals surface area contributed by atoms with Gasteiger partial charge in [0.25, 0.3) is 0 Å². The molecular formula is C13H16ClN3O3. The number of halogens is 1. The Morgan fingerprint density at radius 1 is 1.60 bits per heavy atom. The molecule has 1 fully saturated rings. The smallest absolute Gasteiger partial charge is 0.230 e. The van der Waals surface area contributed by atoms with Gasteiger partial charge in [-0.05, 0) is 31.5 Å². The number of oxime groups is 1. The number of hydrogen-bond acceptors (Lipinski definition) is 4. The van der Waals surface area contributed by atoms with Crippen molar-refractivity contribution in [3.8, 4) is 0 Å². The van der Waals surface area contributed by atoms with E-state index in [9.17, 15) is 4.79 Å². The van der Waals surface area contributed by atoms with E-state index in [1.54, 1.807) is 12.1 Å². The van der Waals surface area contributed by atoms with Crippen LogP contribution >= 0.6 is 11.6 Å². The third-order valence-corrected chi connectivity index (χ3v) is 3.66. The average Bonchev–Trinajstić information content (AvgIpc) is 2.86. The second kappa shape index (κ2) is 6.11. The van der Waals surface area contributed by atoms with Crippen molar-refractivity contribution in [2.75, 3.05) is 11.9 Å². The highest BCUT2D eigenvalue weighted by Gasteiger charge is 2.30. The van der Waals surface area contributed by atoms with Crippen LogP contribution < -0.4 is 11.1 Å². The fourth-order valence-electron chi connectivity index (χ4n) is 2.13. The topological polar surface area (TPSA) is 96.9 Å². The van der Waals surface area contributed by atoms with Crippen LogP contribution in [0.25, 0.3) is 0 Å². The Morgan fingerprint density at radius 2 is 2.35 bits per heavy atom. The Balaban J connectivity index is 2.12. The molecule has 0 aromatic heterocycles. The number of carbonyl (C=O) groups is 1. The quantitative estimate of drug-likeness (QED) is 0.343. The summed E-state index contributed by atoms with van der Waals surface area (Å²) in [6, 6.07) is 4.76. The van der Waals surface area contributed by atoms with Crippen LogP contribution in [-0.4, -0.2) is 29.7 Å². The van der Waals surface area contributed by atoms with Gasteiger partial charge in [-0.3, -0.25) is 4.79 Å². The van der Waals surface area contributed by atoms with E-state index in [4.69, 9.17) is 27.3 Å². The van der Waals surface area contributed by atoms with E-state index in [-0.39, 0.29) is 23.8 Å².